The molecule has 1 atom stereocenters. The summed E-state index contributed by atoms with van der Waals surface area (Å²) in [4.78, 5) is 12.2. The first-order valence-electron chi connectivity index (χ1n) is 8.08. The second-order valence-corrected chi connectivity index (χ2v) is 8.26. The number of ether oxygens (including phenoxy) is 1. The molecule has 0 radical (unpaired) electrons. The van der Waals surface area contributed by atoms with Crippen molar-refractivity contribution in [2.45, 2.75) is 37.5 Å². The number of hydrogen-bond acceptors (Lipinski definition) is 7. The van der Waals surface area contributed by atoms with Crippen LogP contribution < -0.4 is 4.72 Å². The van der Waals surface area contributed by atoms with Gasteiger partial charge in [0.1, 0.15) is 16.6 Å². The fourth-order valence-electron chi connectivity index (χ4n) is 2.37. The summed E-state index contributed by atoms with van der Waals surface area (Å²) in [6.45, 7) is 4.90. The summed E-state index contributed by atoms with van der Waals surface area (Å²) in [6.07, 6.45) is 0. The van der Waals surface area contributed by atoms with Gasteiger partial charge in [0.25, 0.3) is 0 Å². The molecule has 0 saturated carbocycles. The van der Waals surface area contributed by atoms with Gasteiger partial charge >= 0.3 is 5.97 Å². The van der Waals surface area contributed by atoms with Gasteiger partial charge < -0.3 is 9.26 Å². The number of thioether (sulfide) groups is 1. The number of nitrogens with one attached hydrogen (secondary N) is 1. The minimum absolute atomic E-state index is 0.0418. The molecular weight excluding hydrogens is 376 g/mol. The maximum absolute atomic E-state index is 12.7. The molecule has 0 bridgehead atoms. The van der Waals surface area contributed by atoms with E-state index in [1.165, 1.54) is 25.6 Å². The first-order chi connectivity index (χ1) is 12.3. The van der Waals surface area contributed by atoms with Crippen LogP contribution in [0.15, 0.2) is 39.8 Å². The highest BCUT2D eigenvalue weighted by atomic mass is 32.2. The molecule has 0 amide bonds. The Morgan fingerprint density at radius 1 is 1.31 bits per heavy atom. The molecule has 1 unspecified atom stereocenters. The van der Waals surface area contributed by atoms with Crippen LogP contribution in [0.25, 0.3) is 0 Å². The zero-order valence-electron chi connectivity index (χ0n) is 14.9. The maximum atomic E-state index is 12.7. The van der Waals surface area contributed by atoms with Gasteiger partial charge in [-0.2, -0.15) is 16.5 Å². The molecule has 2 aromatic rings. The first kappa shape index (κ1) is 20.5. The third kappa shape index (κ3) is 5.33. The molecule has 9 heteroatoms. The quantitative estimate of drug-likeness (QED) is 0.648. The van der Waals surface area contributed by atoms with Crippen molar-refractivity contribution < 1.29 is 22.5 Å². The van der Waals surface area contributed by atoms with Crippen LogP contribution in [0.5, 0.6) is 0 Å². The fourth-order valence-corrected chi connectivity index (χ4v) is 4.99. The SMILES string of the molecule is CCOC(=O)C(CSCc1ccccc1)NS(=O)(=O)c1c(C)noc1C. The minimum Gasteiger partial charge on any atom is -0.465 e. The predicted molar refractivity (Wildman–Crippen MR) is 99.3 cm³/mol. The largest absolute Gasteiger partial charge is 0.465 e. The van der Waals surface area contributed by atoms with Gasteiger partial charge in [-0.3, -0.25) is 4.79 Å². The molecule has 26 heavy (non-hydrogen) atoms. The molecule has 0 aliphatic carbocycles. The Hall–Kier alpha value is -1.84. The van der Waals surface area contributed by atoms with Crippen molar-refractivity contribution in [2.24, 2.45) is 0 Å². The van der Waals surface area contributed by atoms with Crippen LogP contribution in [0.3, 0.4) is 0 Å². The van der Waals surface area contributed by atoms with Gasteiger partial charge in [-0.05, 0) is 26.3 Å². The average Bonchev–Trinajstić information content (AvgIpc) is 2.94. The maximum Gasteiger partial charge on any atom is 0.325 e. The van der Waals surface area contributed by atoms with Crippen molar-refractivity contribution in [2.75, 3.05) is 12.4 Å². The van der Waals surface area contributed by atoms with Crippen LogP contribution in [0, 0.1) is 13.8 Å². The number of aryl methyl sites for hydroxylation is 2. The van der Waals surface area contributed by atoms with Crippen LogP contribution in [0.2, 0.25) is 0 Å². The zero-order valence-corrected chi connectivity index (χ0v) is 16.5. The van der Waals surface area contributed by atoms with E-state index in [0.29, 0.717) is 5.75 Å². The fraction of sp³-hybridized carbons (Fsp3) is 0.412. The normalized spacial score (nSPS) is 12.7. The van der Waals surface area contributed by atoms with E-state index in [1.807, 2.05) is 30.3 Å². The van der Waals surface area contributed by atoms with Crippen LogP contribution >= 0.6 is 11.8 Å². The summed E-state index contributed by atoms with van der Waals surface area (Å²) in [7, 11) is -3.96. The summed E-state index contributed by atoms with van der Waals surface area (Å²) in [5.74, 6) is 0.470. The van der Waals surface area contributed by atoms with Crippen molar-refractivity contribution >= 4 is 27.8 Å². The molecule has 142 valence electrons. The summed E-state index contributed by atoms with van der Waals surface area (Å²) in [5.41, 5.74) is 1.34. The number of carbonyl (C=O) groups excluding carboxylic acids is 1. The van der Waals surface area contributed by atoms with Gasteiger partial charge in [-0.25, -0.2) is 8.42 Å². The Morgan fingerprint density at radius 2 is 2.00 bits per heavy atom. The number of sulfonamides is 1. The number of nitrogens with zero attached hydrogens (tertiary/aromatic N) is 1. The van der Waals surface area contributed by atoms with Crippen LogP contribution in [-0.2, 0) is 25.3 Å². The van der Waals surface area contributed by atoms with Crippen molar-refractivity contribution in [3.63, 3.8) is 0 Å². The lowest BCUT2D eigenvalue weighted by Crippen LogP contribution is -2.43. The molecule has 2 rings (SSSR count). The highest BCUT2D eigenvalue weighted by Gasteiger charge is 2.31. The number of benzene rings is 1. The van der Waals surface area contributed by atoms with Gasteiger partial charge in [0.2, 0.25) is 10.0 Å². The number of aromatic nitrogens is 1. The van der Waals surface area contributed by atoms with Gasteiger partial charge in [0, 0.05) is 11.5 Å². The van der Waals surface area contributed by atoms with Crippen LogP contribution in [0.1, 0.15) is 23.9 Å². The van der Waals surface area contributed by atoms with E-state index < -0.39 is 22.0 Å². The van der Waals surface area contributed by atoms with E-state index in [4.69, 9.17) is 9.26 Å². The molecule has 1 heterocycles. The lowest BCUT2D eigenvalue weighted by molar-refractivity contribution is -0.144. The lowest BCUT2D eigenvalue weighted by Gasteiger charge is -2.17. The number of hydrogen-bond donors (Lipinski definition) is 1. The smallest absolute Gasteiger partial charge is 0.325 e. The van der Waals surface area contributed by atoms with Gasteiger partial charge in [0.05, 0.1) is 6.61 Å². The third-order valence-electron chi connectivity index (χ3n) is 3.50. The predicted octanol–water partition coefficient (Wildman–Crippen LogP) is 2.43. The molecule has 1 aromatic heterocycles. The molecular formula is C17H22N2O5S2. The van der Waals surface area contributed by atoms with E-state index in [0.717, 1.165) is 5.56 Å². The summed E-state index contributed by atoms with van der Waals surface area (Å²) < 4.78 is 37.7. The summed E-state index contributed by atoms with van der Waals surface area (Å²) in [5, 5.41) is 3.66. The zero-order chi connectivity index (χ0) is 19.2. The Bertz CT molecular complexity index is 815. The van der Waals surface area contributed by atoms with Gasteiger partial charge in [0.15, 0.2) is 5.76 Å². The number of esters is 1. The standard InChI is InChI=1S/C17H22N2O5S2/c1-4-23-17(20)15(11-25-10-14-8-6-5-7-9-14)19-26(21,22)16-12(2)18-24-13(16)3/h5-9,15,19H,4,10-11H2,1-3H3. The average molecular weight is 399 g/mol. The molecule has 0 aliphatic rings. The van der Waals surface area contributed by atoms with Crippen molar-refractivity contribution in [1.82, 2.24) is 9.88 Å². The third-order valence-corrected chi connectivity index (χ3v) is 6.32. The summed E-state index contributed by atoms with van der Waals surface area (Å²) >= 11 is 1.45. The second kappa shape index (κ2) is 9.20. The van der Waals surface area contributed by atoms with Gasteiger partial charge in [-0.1, -0.05) is 35.5 Å². The molecule has 0 saturated heterocycles. The van der Waals surface area contributed by atoms with E-state index in [1.54, 1.807) is 6.92 Å². The summed E-state index contributed by atoms with van der Waals surface area (Å²) in [6, 6.07) is 8.73. The topological polar surface area (TPSA) is 98.5 Å². The van der Waals surface area contributed by atoms with Crippen LogP contribution in [-0.4, -0.2) is 37.9 Å². The van der Waals surface area contributed by atoms with Crippen LogP contribution in [0.4, 0.5) is 0 Å². The molecule has 0 fully saturated rings. The van der Waals surface area contributed by atoms with Gasteiger partial charge in [-0.15, -0.1) is 0 Å². The molecule has 0 aliphatic heterocycles. The van der Waals surface area contributed by atoms with E-state index in [2.05, 4.69) is 9.88 Å². The molecule has 0 spiro atoms. The van der Waals surface area contributed by atoms with E-state index in [-0.39, 0.29) is 28.7 Å². The molecule has 1 N–H and O–H groups in total. The highest BCUT2D eigenvalue weighted by Crippen LogP contribution is 2.20. The van der Waals surface area contributed by atoms with Crippen molar-refractivity contribution in [3.05, 3.63) is 47.3 Å². The Labute approximate surface area is 157 Å². The first-order valence-corrected chi connectivity index (χ1v) is 10.7. The monoisotopic (exact) mass is 398 g/mol. The van der Waals surface area contributed by atoms with Crippen molar-refractivity contribution in [1.29, 1.82) is 0 Å². The Kier molecular flexibility index (Phi) is 7.24. The van der Waals surface area contributed by atoms with E-state index >= 15 is 0 Å². The Morgan fingerprint density at radius 3 is 2.58 bits per heavy atom. The highest BCUT2D eigenvalue weighted by molar-refractivity contribution is 7.98. The minimum atomic E-state index is -3.96. The molecule has 7 nitrogen and oxygen atoms in total. The number of rotatable bonds is 9. The number of carbonyl (C=O) groups is 1. The van der Waals surface area contributed by atoms with Crippen molar-refractivity contribution in [3.8, 4) is 0 Å². The Balaban J connectivity index is 2.10. The molecule has 1 aromatic carbocycles. The second-order valence-electron chi connectivity index (χ2n) is 5.58. The van der Waals surface area contributed by atoms with E-state index in [9.17, 15) is 13.2 Å². The lowest BCUT2D eigenvalue weighted by atomic mass is 10.2.